The fraction of sp³-hybridized carbons (Fsp3) is 0.143. The number of H-pyrrole nitrogens is 1. The highest BCUT2D eigenvalue weighted by Crippen LogP contribution is 2.23. The Balaban J connectivity index is 1.54. The first kappa shape index (κ1) is 18.6. The maximum Gasteiger partial charge on any atom is 0.293 e. The molecule has 6 heteroatoms. The van der Waals surface area contributed by atoms with Gasteiger partial charge < -0.3 is 15.0 Å². The van der Waals surface area contributed by atoms with Gasteiger partial charge in [0, 0.05) is 16.6 Å². The lowest BCUT2D eigenvalue weighted by atomic mass is 10.1. The monoisotopic (exact) mass is 380 g/mol. The number of carbonyl (C=O) groups is 2. The van der Waals surface area contributed by atoms with E-state index in [0.717, 1.165) is 10.9 Å². The molecule has 0 saturated carbocycles. The van der Waals surface area contributed by atoms with E-state index < -0.39 is 11.7 Å². The first-order chi connectivity index (χ1) is 13.1. The Morgan fingerprint density at radius 3 is 2.67 bits per heavy atom. The number of aromatic amines is 1. The van der Waals surface area contributed by atoms with Crippen LogP contribution in [0.4, 0.5) is 0 Å². The lowest BCUT2D eigenvalue weighted by molar-refractivity contribution is -0.116. The minimum Gasteiger partial charge on any atom is -0.479 e. The van der Waals surface area contributed by atoms with Gasteiger partial charge in [-0.3, -0.25) is 9.59 Å². The van der Waals surface area contributed by atoms with Crippen LogP contribution in [0.2, 0.25) is 5.02 Å². The number of hydrogen-bond donors (Lipinski definition) is 2. The Morgan fingerprint density at radius 1 is 1.11 bits per heavy atom. The summed E-state index contributed by atoms with van der Waals surface area (Å²) in [7, 11) is 0. The van der Waals surface area contributed by atoms with Gasteiger partial charge in [0.1, 0.15) is 12.4 Å². The number of rotatable bonds is 5. The van der Waals surface area contributed by atoms with Gasteiger partial charge >= 0.3 is 0 Å². The van der Waals surface area contributed by atoms with Gasteiger partial charge in [-0.1, -0.05) is 53.8 Å². The molecule has 2 aromatic carbocycles. The van der Waals surface area contributed by atoms with Crippen molar-refractivity contribution in [3.63, 3.8) is 0 Å². The molecule has 2 N–H and O–H groups in total. The van der Waals surface area contributed by atoms with Crippen LogP contribution in [-0.4, -0.2) is 29.8 Å². The number of halogens is 1. The van der Waals surface area contributed by atoms with Crippen molar-refractivity contribution in [2.24, 2.45) is 0 Å². The molecule has 1 heterocycles. The smallest absolute Gasteiger partial charge is 0.293 e. The number of amides is 1. The molecule has 0 fully saturated rings. The van der Waals surface area contributed by atoms with E-state index in [0.29, 0.717) is 22.0 Å². The zero-order valence-electron chi connectivity index (χ0n) is 14.6. The third-order valence-electron chi connectivity index (χ3n) is 3.93. The zero-order valence-corrected chi connectivity index (χ0v) is 15.4. The summed E-state index contributed by atoms with van der Waals surface area (Å²) in [6.07, 6.45) is 0. The van der Waals surface area contributed by atoms with Gasteiger partial charge in [-0.05, 0) is 25.1 Å². The standard InChI is InChI=1S/C21H17ClN2O3/c1-14-19(15-8-2-4-10-17(15)24-14)20(25)21(26)23-12-6-7-13-27-18-11-5-3-9-16(18)22/h2-5,8-11,24H,12-13H2,1H3,(H,23,26). The van der Waals surface area contributed by atoms with Crippen LogP contribution in [0.15, 0.2) is 48.5 Å². The summed E-state index contributed by atoms with van der Waals surface area (Å²) >= 11 is 5.97. The van der Waals surface area contributed by atoms with E-state index in [1.807, 2.05) is 36.4 Å². The third-order valence-corrected chi connectivity index (χ3v) is 4.24. The predicted molar refractivity (Wildman–Crippen MR) is 105 cm³/mol. The first-order valence-electron chi connectivity index (χ1n) is 8.31. The topological polar surface area (TPSA) is 71.2 Å². The van der Waals surface area contributed by atoms with Gasteiger partial charge in [-0.2, -0.15) is 0 Å². The van der Waals surface area contributed by atoms with E-state index in [1.165, 1.54) is 0 Å². The molecule has 3 aromatic rings. The van der Waals surface area contributed by atoms with Gasteiger partial charge in [-0.25, -0.2) is 0 Å². The summed E-state index contributed by atoms with van der Waals surface area (Å²) in [5.74, 6) is 4.79. The van der Waals surface area contributed by atoms with Crippen molar-refractivity contribution in [2.75, 3.05) is 13.2 Å². The highest BCUT2D eigenvalue weighted by atomic mass is 35.5. The Morgan fingerprint density at radius 2 is 1.85 bits per heavy atom. The minimum atomic E-state index is -0.691. The van der Waals surface area contributed by atoms with E-state index in [9.17, 15) is 9.59 Å². The van der Waals surface area contributed by atoms with Crippen molar-refractivity contribution >= 4 is 34.2 Å². The quantitative estimate of drug-likeness (QED) is 0.404. The lowest BCUT2D eigenvalue weighted by Gasteiger charge is -2.03. The number of ketones is 1. The molecule has 27 heavy (non-hydrogen) atoms. The van der Waals surface area contributed by atoms with Crippen LogP contribution in [0.1, 0.15) is 16.1 Å². The van der Waals surface area contributed by atoms with Crippen molar-refractivity contribution in [3.8, 4) is 17.6 Å². The van der Waals surface area contributed by atoms with Gasteiger partial charge in [0.05, 0.1) is 17.1 Å². The fourth-order valence-corrected chi connectivity index (χ4v) is 2.87. The minimum absolute atomic E-state index is 0.0534. The van der Waals surface area contributed by atoms with Crippen molar-refractivity contribution in [2.45, 2.75) is 6.92 Å². The Kier molecular flexibility index (Phi) is 5.80. The van der Waals surface area contributed by atoms with Crippen LogP contribution >= 0.6 is 11.6 Å². The molecule has 3 rings (SSSR count). The molecule has 0 spiro atoms. The summed E-state index contributed by atoms with van der Waals surface area (Å²) in [4.78, 5) is 27.7. The largest absolute Gasteiger partial charge is 0.479 e. The molecule has 0 aliphatic carbocycles. The fourth-order valence-electron chi connectivity index (χ4n) is 2.68. The summed E-state index contributed by atoms with van der Waals surface area (Å²) in [6, 6.07) is 14.5. The number of ether oxygens (including phenoxy) is 1. The highest BCUT2D eigenvalue weighted by Gasteiger charge is 2.21. The molecule has 0 aliphatic heterocycles. The Hall–Kier alpha value is -3.23. The molecule has 1 amide bonds. The van der Waals surface area contributed by atoms with Crippen LogP contribution in [0.25, 0.3) is 10.9 Å². The average molecular weight is 381 g/mol. The Labute approximate surface area is 161 Å². The lowest BCUT2D eigenvalue weighted by Crippen LogP contribution is -2.31. The number of aryl methyl sites for hydroxylation is 1. The second-order valence-corrected chi connectivity index (χ2v) is 6.16. The third kappa shape index (κ3) is 4.30. The van der Waals surface area contributed by atoms with E-state index >= 15 is 0 Å². The summed E-state index contributed by atoms with van der Waals surface area (Å²) in [5.41, 5.74) is 1.87. The molecule has 0 atom stereocenters. The number of aromatic nitrogens is 1. The number of hydrogen-bond acceptors (Lipinski definition) is 3. The molecular weight excluding hydrogens is 364 g/mol. The van der Waals surface area contributed by atoms with E-state index in [4.69, 9.17) is 16.3 Å². The predicted octanol–water partition coefficient (Wildman–Crippen LogP) is 3.51. The number of para-hydroxylation sites is 2. The van der Waals surface area contributed by atoms with Crippen molar-refractivity contribution in [3.05, 3.63) is 64.8 Å². The van der Waals surface area contributed by atoms with Crippen molar-refractivity contribution in [1.29, 1.82) is 0 Å². The molecule has 136 valence electrons. The maximum atomic E-state index is 12.5. The van der Waals surface area contributed by atoms with Gasteiger partial charge in [0.2, 0.25) is 0 Å². The highest BCUT2D eigenvalue weighted by molar-refractivity contribution is 6.45. The molecule has 0 unspecified atom stereocenters. The van der Waals surface area contributed by atoms with Gasteiger partial charge in [0.15, 0.2) is 0 Å². The second kappa shape index (κ2) is 8.43. The Bertz CT molecular complexity index is 1060. The molecule has 0 bridgehead atoms. The van der Waals surface area contributed by atoms with Crippen molar-refractivity contribution < 1.29 is 14.3 Å². The maximum absolute atomic E-state index is 12.5. The molecule has 0 radical (unpaired) electrons. The van der Waals surface area contributed by atoms with Crippen LogP contribution in [0.3, 0.4) is 0 Å². The second-order valence-electron chi connectivity index (χ2n) is 5.76. The SMILES string of the molecule is Cc1[nH]c2ccccc2c1C(=O)C(=O)NCC#CCOc1ccccc1Cl. The number of nitrogens with one attached hydrogen (secondary N) is 2. The molecule has 1 aromatic heterocycles. The van der Waals surface area contributed by atoms with E-state index in [1.54, 1.807) is 19.1 Å². The summed E-state index contributed by atoms with van der Waals surface area (Å²) in [6.45, 7) is 1.96. The van der Waals surface area contributed by atoms with Crippen LogP contribution < -0.4 is 10.1 Å². The van der Waals surface area contributed by atoms with Crippen LogP contribution in [-0.2, 0) is 4.79 Å². The van der Waals surface area contributed by atoms with E-state index in [-0.39, 0.29) is 13.2 Å². The van der Waals surface area contributed by atoms with Crippen LogP contribution in [0.5, 0.6) is 5.75 Å². The van der Waals surface area contributed by atoms with Gasteiger partial charge in [-0.15, -0.1) is 0 Å². The number of benzene rings is 2. The average Bonchev–Trinajstić information content (AvgIpc) is 3.00. The molecular formula is C21H17ClN2O3. The summed E-state index contributed by atoms with van der Waals surface area (Å²) < 4.78 is 5.42. The zero-order chi connectivity index (χ0) is 19.2. The van der Waals surface area contributed by atoms with Crippen LogP contribution in [0, 0.1) is 18.8 Å². The number of carbonyl (C=O) groups excluding carboxylic acids is 2. The number of fused-ring (bicyclic) bond motifs is 1. The molecule has 5 nitrogen and oxygen atoms in total. The molecule has 0 aliphatic rings. The van der Waals surface area contributed by atoms with E-state index in [2.05, 4.69) is 22.1 Å². The normalized spacial score (nSPS) is 10.1. The summed E-state index contributed by atoms with van der Waals surface area (Å²) in [5, 5.41) is 3.75. The van der Waals surface area contributed by atoms with Gasteiger partial charge in [0.25, 0.3) is 11.7 Å². The van der Waals surface area contributed by atoms with Crippen molar-refractivity contribution in [1.82, 2.24) is 10.3 Å². The number of Topliss-reactive ketones (excluding diaryl/α,β-unsaturated/α-hetero) is 1. The molecule has 0 saturated heterocycles. The first-order valence-corrected chi connectivity index (χ1v) is 8.68.